The summed E-state index contributed by atoms with van der Waals surface area (Å²) < 4.78 is 5.35. The molecule has 0 spiro atoms. The van der Waals surface area contributed by atoms with Crippen LogP contribution in [0.4, 0.5) is 0 Å². The van der Waals surface area contributed by atoms with E-state index in [2.05, 4.69) is 0 Å². The third-order valence-corrected chi connectivity index (χ3v) is 1.93. The molecule has 2 heteroatoms. The van der Waals surface area contributed by atoms with Crippen LogP contribution in [0.5, 0.6) is 0 Å². The zero-order valence-corrected chi connectivity index (χ0v) is 5.97. The van der Waals surface area contributed by atoms with Crippen molar-refractivity contribution in [2.24, 2.45) is 11.7 Å². The average Bonchev–Trinajstić information content (AvgIpc) is 1.77. The Morgan fingerprint density at radius 2 is 2.22 bits per heavy atom. The maximum atomic E-state index is 5.44. The topological polar surface area (TPSA) is 35.2 Å². The van der Waals surface area contributed by atoms with Gasteiger partial charge in [0.1, 0.15) is 0 Å². The van der Waals surface area contributed by atoms with Gasteiger partial charge in [-0.1, -0.05) is 0 Å². The van der Waals surface area contributed by atoms with Crippen molar-refractivity contribution in [3.05, 3.63) is 0 Å². The minimum Gasteiger partial charge on any atom is -0.378 e. The lowest BCUT2D eigenvalue weighted by molar-refractivity contribution is -0.0216. The molecule has 0 atom stereocenters. The van der Waals surface area contributed by atoms with Crippen LogP contribution in [0.3, 0.4) is 0 Å². The molecule has 1 aliphatic carbocycles. The summed E-state index contributed by atoms with van der Waals surface area (Å²) in [5, 5.41) is 0. The van der Waals surface area contributed by atoms with Crippen molar-refractivity contribution in [3.63, 3.8) is 0 Å². The van der Waals surface area contributed by atoms with Gasteiger partial charge in [0.2, 0.25) is 0 Å². The molecule has 1 saturated carbocycles. The Labute approximate surface area is 56.4 Å². The molecule has 0 heterocycles. The van der Waals surface area contributed by atoms with E-state index in [9.17, 15) is 0 Å². The standard InChI is InChI=1S/C7H15NO/c1-2-9-7-3-6(4-7)5-8/h6-7H,2-5,8H2,1H3/t6-,7+. The first kappa shape index (κ1) is 7.03. The van der Waals surface area contributed by atoms with Gasteiger partial charge >= 0.3 is 0 Å². The summed E-state index contributed by atoms with van der Waals surface area (Å²) in [6.45, 7) is 3.72. The van der Waals surface area contributed by atoms with E-state index in [-0.39, 0.29) is 0 Å². The van der Waals surface area contributed by atoms with Crippen molar-refractivity contribution < 1.29 is 4.74 Å². The van der Waals surface area contributed by atoms with E-state index in [1.54, 1.807) is 0 Å². The van der Waals surface area contributed by atoms with Crippen LogP contribution in [0.2, 0.25) is 0 Å². The predicted molar refractivity (Wildman–Crippen MR) is 37.2 cm³/mol. The summed E-state index contributed by atoms with van der Waals surface area (Å²) in [5.74, 6) is 0.751. The van der Waals surface area contributed by atoms with Crippen molar-refractivity contribution in [2.75, 3.05) is 13.2 Å². The molecule has 0 amide bonds. The van der Waals surface area contributed by atoms with Crippen LogP contribution >= 0.6 is 0 Å². The fraction of sp³-hybridized carbons (Fsp3) is 1.00. The second-order valence-corrected chi connectivity index (χ2v) is 2.65. The van der Waals surface area contributed by atoms with Gasteiger partial charge in [-0.05, 0) is 32.2 Å². The van der Waals surface area contributed by atoms with Gasteiger partial charge in [0.25, 0.3) is 0 Å². The van der Waals surface area contributed by atoms with Gasteiger partial charge in [0.15, 0.2) is 0 Å². The Morgan fingerprint density at radius 1 is 1.56 bits per heavy atom. The number of nitrogens with two attached hydrogens (primary N) is 1. The monoisotopic (exact) mass is 129 g/mol. The summed E-state index contributed by atoms with van der Waals surface area (Å²) in [6.07, 6.45) is 2.90. The second kappa shape index (κ2) is 3.18. The molecular formula is C7H15NO. The summed E-state index contributed by atoms with van der Waals surface area (Å²) in [4.78, 5) is 0. The van der Waals surface area contributed by atoms with Gasteiger partial charge in [-0.25, -0.2) is 0 Å². The summed E-state index contributed by atoms with van der Waals surface area (Å²) >= 11 is 0. The quantitative estimate of drug-likeness (QED) is 0.610. The van der Waals surface area contributed by atoms with Crippen molar-refractivity contribution in [3.8, 4) is 0 Å². The van der Waals surface area contributed by atoms with Crippen molar-refractivity contribution in [1.29, 1.82) is 0 Å². The first-order valence-corrected chi connectivity index (χ1v) is 3.68. The van der Waals surface area contributed by atoms with Crippen LogP contribution in [0, 0.1) is 5.92 Å². The van der Waals surface area contributed by atoms with Crippen molar-refractivity contribution >= 4 is 0 Å². The van der Waals surface area contributed by atoms with Gasteiger partial charge in [0, 0.05) is 6.61 Å². The molecule has 2 nitrogen and oxygen atoms in total. The molecule has 1 fully saturated rings. The van der Waals surface area contributed by atoms with Crippen LogP contribution in [-0.4, -0.2) is 19.3 Å². The lowest BCUT2D eigenvalue weighted by atomic mass is 9.82. The zero-order chi connectivity index (χ0) is 6.69. The number of hydrogen-bond donors (Lipinski definition) is 1. The fourth-order valence-electron chi connectivity index (χ4n) is 1.24. The van der Waals surface area contributed by atoms with E-state index in [4.69, 9.17) is 10.5 Å². The van der Waals surface area contributed by atoms with E-state index in [1.165, 1.54) is 12.8 Å². The Bertz CT molecular complexity index is 79.0. The van der Waals surface area contributed by atoms with E-state index < -0.39 is 0 Å². The first-order valence-electron chi connectivity index (χ1n) is 3.68. The number of hydrogen-bond acceptors (Lipinski definition) is 2. The molecule has 0 aromatic carbocycles. The Balaban J connectivity index is 1.98. The van der Waals surface area contributed by atoms with E-state index in [0.29, 0.717) is 6.10 Å². The van der Waals surface area contributed by atoms with Gasteiger partial charge < -0.3 is 10.5 Å². The molecule has 54 valence electrons. The largest absolute Gasteiger partial charge is 0.378 e. The number of rotatable bonds is 3. The van der Waals surface area contributed by atoms with E-state index >= 15 is 0 Å². The molecule has 0 aliphatic heterocycles. The van der Waals surface area contributed by atoms with E-state index in [1.807, 2.05) is 6.92 Å². The molecule has 0 aromatic heterocycles. The Hall–Kier alpha value is -0.0800. The molecule has 0 aromatic rings. The van der Waals surface area contributed by atoms with Crippen LogP contribution in [0.1, 0.15) is 19.8 Å². The molecule has 0 unspecified atom stereocenters. The zero-order valence-electron chi connectivity index (χ0n) is 5.97. The molecule has 0 radical (unpaired) electrons. The molecule has 9 heavy (non-hydrogen) atoms. The highest BCUT2D eigenvalue weighted by Crippen LogP contribution is 2.28. The van der Waals surface area contributed by atoms with Crippen LogP contribution in [-0.2, 0) is 4.74 Å². The van der Waals surface area contributed by atoms with Gasteiger partial charge in [-0.3, -0.25) is 0 Å². The minimum absolute atomic E-state index is 0.531. The normalized spacial score (nSPS) is 34.0. The van der Waals surface area contributed by atoms with Gasteiger partial charge in [-0.2, -0.15) is 0 Å². The highest BCUT2D eigenvalue weighted by Gasteiger charge is 2.27. The van der Waals surface area contributed by atoms with Crippen LogP contribution in [0.15, 0.2) is 0 Å². The summed E-state index contributed by atoms with van der Waals surface area (Å²) in [5.41, 5.74) is 5.44. The van der Waals surface area contributed by atoms with E-state index in [0.717, 1.165) is 19.1 Å². The number of ether oxygens (including phenoxy) is 1. The van der Waals surface area contributed by atoms with Crippen LogP contribution in [0.25, 0.3) is 0 Å². The smallest absolute Gasteiger partial charge is 0.0581 e. The molecule has 1 aliphatic rings. The third kappa shape index (κ3) is 1.66. The second-order valence-electron chi connectivity index (χ2n) is 2.65. The maximum absolute atomic E-state index is 5.44. The van der Waals surface area contributed by atoms with Gasteiger partial charge in [-0.15, -0.1) is 0 Å². The lowest BCUT2D eigenvalue weighted by Gasteiger charge is -2.33. The SMILES string of the molecule is CCO[C@H]1C[C@@H](CN)C1. The Morgan fingerprint density at radius 3 is 2.67 bits per heavy atom. The predicted octanol–water partition coefficient (Wildman–Crippen LogP) is 0.760. The highest BCUT2D eigenvalue weighted by atomic mass is 16.5. The lowest BCUT2D eigenvalue weighted by Crippen LogP contribution is -2.35. The molecule has 0 saturated heterocycles. The maximum Gasteiger partial charge on any atom is 0.0581 e. The highest BCUT2D eigenvalue weighted by molar-refractivity contribution is 4.80. The molecule has 2 N–H and O–H groups in total. The average molecular weight is 129 g/mol. The molecule has 1 rings (SSSR count). The van der Waals surface area contributed by atoms with Gasteiger partial charge in [0.05, 0.1) is 6.10 Å². The molecule has 0 bridgehead atoms. The van der Waals surface area contributed by atoms with Crippen molar-refractivity contribution in [2.45, 2.75) is 25.9 Å². The van der Waals surface area contributed by atoms with Crippen molar-refractivity contribution in [1.82, 2.24) is 0 Å². The third-order valence-electron chi connectivity index (χ3n) is 1.93. The minimum atomic E-state index is 0.531. The first-order chi connectivity index (χ1) is 4.36. The van der Waals surface area contributed by atoms with Crippen LogP contribution < -0.4 is 5.73 Å². The Kier molecular flexibility index (Phi) is 2.49. The molecular weight excluding hydrogens is 114 g/mol. The summed E-state index contributed by atoms with van der Waals surface area (Å²) in [6, 6.07) is 0. The fourth-order valence-corrected chi connectivity index (χ4v) is 1.24. The summed E-state index contributed by atoms with van der Waals surface area (Å²) in [7, 11) is 0.